The molecule has 2 aliphatic heterocycles. The van der Waals surface area contributed by atoms with Gasteiger partial charge in [-0.25, -0.2) is 4.79 Å². The van der Waals surface area contributed by atoms with Crippen LogP contribution in [0.15, 0.2) is 21.3 Å². The Labute approximate surface area is 156 Å². The van der Waals surface area contributed by atoms with E-state index >= 15 is 0 Å². The molecule has 0 saturated carbocycles. The molecule has 0 atom stereocenters. The first-order valence-corrected chi connectivity index (χ1v) is 9.83. The van der Waals surface area contributed by atoms with Gasteiger partial charge < -0.3 is 9.32 Å². The number of fused-ring (bicyclic) bond motifs is 2. The van der Waals surface area contributed by atoms with Crippen LogP contribution in [0, 0.1) is 0 Å². The van der Waals surface area contributed by atoms with E-state index in [4.69, 9.17) is 4.42 Å². The van der Waals surface area contributed by atoms with Crippen LogP contribution < -0.4 is 10.5 Å². The largest absolute Gasteiger partial charge is 0.422 e. The third kappa shape index (κ3) is 2.43. The van der Waals surface area contributed by atoms with Crippen LogP contribution in [0.5, 0.6) is 0 Å². The number of benzene rings is 1. The van der Waals surface area contributed by atoms with Gasteiger partial charge in [0.05, 0.1) is 0 Å². The molecule has 0 unspecified atom stereocenters. The topological polar surface area (TPSA) is 33.5 Å². The Balaban J connectivity index is 2.16. The Morgan fingerprint density at radius 1 is 1.00 bits per heavy atom. The molecular formula is C23H31NO2. The lowest BCUT2D eigenvalue weighted by molar-refractivity contribution is 0.397. The maximum absolute atomic E-state index is 12.8. The quantitative estimate of drug-likeness (QED) is 0.606. The summed E-state index contributed by atoms with van der Waals surface area (Å²) >= 11 is 0. The van der Waals surface area contributed by atoms with Gasteiger partial charge in [0.2, 0.25) is 0 Å². The molecule has 0 bridgehead atoms. The van der Waals surface area contributed by atoms with Gasteiger partial charge in [-0.05, 0) is 46.8 Å². The smallest absolute Gasteiger partial charge is 0.340 e. The normalized spacial score (nSPS) is 21.0. The lowest BCUT2D eigenvalue weighted by atomic mass is 9.69. The van der Waals surface area contributed by atoms with Crippen molar-refractivity contribution in [2.24, 2.45) is 0 Å². The van der Waals surface area contributed by atoms with E-state index in [0.717, 1.165) is 42.5 Å². The van der Waals surface area contributed by atoms with Gasteiger partial charge in [-0.3, -0.25) is 0 Å². The third-order valence-electron chi connectivity index (χ3n) is 6.54. The molecule has 0 fully saturated rings. The second-order valence-electron chi connectivity index (χ2n) is 10.5. The van der Waals surface area contributed by atoms with Crippen molar-refractivity contribution in [3.63, 3.8) is 0 Å². The summed E-state index contributed by atoms with van der Waals surface area (Å²) in [5.41, 5.74) is 5.27. The first kappa shape index (κ1) is 17.6. The minimum atomic E-state index is -0.223. The number of hydrogen-bond acceptors (Lipinski definition) is 3. The van der Waals surface area contributed by atoms with Gasteiger partial charge in [-0.2, -0.15) is 0 Å². The predicted molar refractivity (Wildman–Crippen MR) is 109 cm³/mol. The van der Waals surface area contributed by atoms with Crippen LogP contribution in [0.3, 0.4) is 0 Å². The average molecular weight is 354 g/mol. The molecule has 3 heteroatoms. The molecule has 2 aliphatic rings. The van der Waals surface area contributed by atoms with Crippen molar-refractivity contribution >= 4 is 16.7 Å². The molecule has 0 spiro atoms. The molecule has 140 valence electrons. The first-order valence-electron chi connectivity index (χ1n) is 9.83. The zero-order chi connectivity index (χ0) is 19.1. The summed E-state index contributed by atoms with van der Waals surface area (Å²) in [6.07, 6.45) is 2.25. The predicted octanol–water partition coefficient (Wildman–Crippen LogP) is 5.26. The summed E-state index contributed by atoms with van der Waals surface area (Å²) in [5, 5.41) is 1.08. The van der Waals surface area contributed by atoms with E-state index in [0.29, 0.717) is 0 Å². The Morgan fingerprint density at radius 2 is 1.62 bits per heavy atom. The molecule has 0 saturated heterocycles. The number of nitrogens with zero attached hydrogens (tertiary/aromatic N) is 1. The van der Waals surface area contributed by atoms with Crippen LogP contribution in [-0.2, 0) is 16.2 Å². The zero-order valence-electron chi connectivity index (χ0n) is 17.2. The van der Waals surface area contributed by atoms with E-state index in [1.54, 1.807) is 0 Å². The second kappa shape index (κ2) is 5.15. The zero-order valence-corrected chi connectivity index (χ0v) is 17.2. The van der Waals surface area contributed by atoms with Crippen molar-refractivity contribution in [3.8, 4) is 0 Å². The first-order chi connectivity index (χ1) is 11.9. The van der Waals surface area contributed by atoms with Gasteiger partial charge in [0.25, 0.3) is 0 Å². The number of hydrogen-bond donors (Lipinski definition) is 0. The molecule has 4 rings (SSSR count). The van der Waals surface area contributed by atoms with Crippen molar-refractivity contribution in [2.45, 2.75) is 77.6 Å². The van der Waals surface area contributed by atoms with Crippen LogP contribution in [0.1, 0.15) is 78.0 Å². The molecule has 0 aliphatic carbocycles. The highest BCUT2D eigenvalue weighted by Gasteiger charge is 2.42. The summed E-state index contributed by atoms with van der Waals surface area (Å²) in [7, 11) is 0. The Morgan fingerprint density at radius 3 is 2.23 bits per heavy atom. The summed E-state index contributed by atoms with van der Waals surface area (Å²) < 4.78 is 6.01. The number of rotatable bonds is 0. The second-order valence-corrected chi connectivity index (χ2v) is 10.5. The van der Waals surface area contributed by atoms with Crippen molar-refractivity contribution in [1.29, 1.82) is 0 Å². The van der Waals surface area contributed by atoms with Crippen LogP contribution >= 0.6 is 0 Å². The number of anilines is 1. The standard InChI is InChI=1S/C23H31NO2/c1-21(2,3)16-13-14-12-15-18-17(19(14)26-20(16)25)23(6,7)9-11-24(18)10-8-22(15,4)5/h12-13H,8-11H2,1-7H3. The van der Waals surface area contributed by atoms with E-state index in [9.17, 15) is 4.79 Å². The summed E-state index contributed by atoms with van der Waals surface area (Å²) in [6.45, 7) is 17.7. The van der Waals surface area contributed by atoms with Crippen molar-refractivity contribution in [2.75, 3.05) is 18.0 Å². The van der Waals surface area contributed by atoms with Crippen LogP contribution in [0.25, 0.3) is 11.0 Å². The third-order valence-corrected chi connectivity index (χ3v) is 6.54. The Bertz CT molecular complexity index is 955. The molecule has 3 heterocycles. The van der Waals surface area contributed by atoms with E-state index in [2.05, 4.69) is 65.5 Å². The van der Waals surface area contributed by atoms with Gasteiger partial charge in [-0.15, -0.1) is 0 Å². The van der Waals surface area contributed by atoms with Gasteiger partial charge in [0.1, 0.15) is 5.58 Å². The lowest BCUT2D eigenvalue weighted by Gasteiger charge is -2.48. The fourth-order valence-corrected chi connectivity index (χ4v) is 4.67. The summed E-state index contributed by atoms with van der Waals surface area (Å²) in [4.78, 5) is 15.3. The van der Waals surface area contributed by atoms with Crippen molar-refractivity contribution in [1.82, 2.24) is 0 Å². The lowest BCUT2D eigenvalue weighted by Crippen LogP contribution is -2.44. The van der Waals surface area contributed by atoms with Gasteiger partial charge in [-0.1, -0.05) is 48.5 Å². The SMILES string of the molecule is CC(C)(C)c1cc2cc3c4c(c2oc1=O)C(C)(C)CCN4CCC3(C)C. The Hall–Kier alpha value is -1.77. The van der Waals surface area contributed by atoms with E-state index in [-0.39, 0.29) is 21.9 Å². The van der Waals surface area contributed by atoms with Crippen LogP contribution in [0.2, 0.25) is 0 Å². The maximum Gasteiger partial charge on any atom is 0.340 e. The minimum absolute atomic E-state index is 0.00665. The van der Waals surface area contributed by atoms with Crippen molar-refractivity contribution < 1.29 is 4.42 Å². The fourth-order valence-electron chi connectivity index (χ4n) is 4.67. The molecule has 0 N–H and O–H groups in total. The molecule has 0 radical (unpaired) electrons. The van der Waals surface area contributed by atoms with E-state index < -0.39 is 0 Å². The summed E-state index contributed by atoms with van der Waals surface area (Å²) in [6, 6.07) is 4.37. The monoisotopic (exact) mass is 353 g/mol. The van der Waals surface area contributed by atoms with Crippen LogP contribution in [0.4, 0.5) is 5.69 Å². The molecule has 1 aromatic heterocycles. The van der Waals surface area contributed by atoms with Gasteiger partial charge >= 0.3 is 5.63 Å². The molecule has 26 heavy (non-hydrogen) atoms. The molecule has 2 aromatic rings. The maximum atomic E-state index is 12.8. The highest BCUT2D eigenvalue weighted by molar-refractivity contribution is 5.90. The van der Waals surface area contributed by atoms with Crippen molar-refractivity contribution in [3.05, 3.63) is 39.2 Å². The van der Waals surface area contributed by atoms with E-state index in [1.165, 1.54) is 16.8 Å². The molecule has 0 amide bonds. The van der Waals surface area contributed by atoms with Gasteiger partial charge in [0, 0.05) is 35.3 Å². The van der Waals surface area contributed by atoms with E-state index in [1.807, 2.05) is 0 Å². The minimum Gasteiger partial charge on any atom is -0.422 e. The molecule has 3 nitrogen and oxygen atoms in total. The average Bonchev–Trinajstić information content (AvgIpc) is 2.50. The molecule has 1 aromatic carbocycles. The highest BCUT2D eigenvalue weighted by atomic mass is 16.4. The Kier molecular flexibility index (Phi) is 3.49. The van der Waals surface area contributed by atoms with Gasteiger partial charge in [0.15, 0.2) is 0 Å². The van der Waals surface area contributed by atoms with Crippen LogP contribution in [-0.4, -0.2) is 13.1 Å². The fraction of sp³-hybridized carbons (Fsp3) is 0.609. The highest BCUT2D eigenvalue weighted by Crippen LogP contribution is 2.51. The summed E-state index contributed by atoms with van der Waals surface area (Å²) in [5.74, 6) is 0. The molecular weight excluding hydrogens is 322 g/mol.